The molecular formula is C24H41IN4O. The number of hydrogen-bond donors (Lipinski definition) is 2. The Morgan fingerprint density at radius 1 is 1.17 bits per heavy atom. The van der Waals surface area contributed by atoms with Crippen LogP contribution in [-0.4, -0.2) is 56.7 Å². The van der Waals surface area contributed by atoms with Gasteiger partial charge in [-0.2, -0.15) is 0 Å². The van der Waals surface area contributed by atoms with Gasteiger partial charge < -0.3 is 20.3 Å². The second-order valence-electron chi connectivity index (χ2n) is 9.17. The molecular weight excluding hydrogens is 487 g/mol. The summed E-state index contributed by atoms with van der Waals surface area (Å²) in [7, 11) is 1.87. The molecule has 0 aromatic heterocycles. The molecule has 2 atom stereocenters. The van der Waals surface area contributed by atoms with E-state index in [1.165, 1.54) is 50.0 Å². The molecule has 2 saturated heterocycles. The number of hydrogen-bond acceptors (Lipinski definition) is 3. The second-order valence-corrected chi connectivity index (χ2v) is 9.17. The van der Waals surface area contributed by atoms with Gasteiger partial charge in [0.05, 0.1) is 6.10 Å². The van der Waals surface area contributed by atoms with E-state index in [1.807, 2.05) is 7.05 Å². The molecule has 0 saturated carbocycles. The zero-order valence-corrected chi connectivity index (χ0v) is 21.5. The lowest BCUT2D eigenvalue weighted by atomic mass is 9.89. The Morgan fingerprint density at radius 3 is 2.50 bits per heavy atom. The molecule has 1 aromatic carbocycles. The van der Waals surface area contributed by atoms with E-state index in [-0.39, 0.29) is 30.1 Å². The van der Waals surface area contributed by atoms with Crippen molar-refractivity contribution < 1.29 is 4.74 Å². The molecule has 2 fully saturated rings. The van der Waals surface area contributed by atoms with E-state index < -0.39 is 0 Å². The van der Waals surface area contributed by atoms with Gasteiger partial charge in [-0.15, -0.1) is 24.0 Å². The summed E-state index contributed by atoms with van der Waals surface area (Å²) in [4.78, 5) is 7.07. The molecule has 0 bridgehead atoms. The molecule has 0 amide bonds. The summed E-state index contributed by atoms with van der Waals surface area (Å²) in [5.41, 5.74) is 2.59. The topological polar surface area (TPSA) is 48.9 Å². The Labute approximate surface area is 200 Å². The van der Waals surface area contributed by atoms with Gasteiger partial charge in [-0.1, -0.05) is 43.7 Å². The average Bonchev–Trinajstić information content (AvgIpc) is 2.73. The number of ether oxygens (including phenoxy) is 1. The molecule has 30 heavy (non-hydrogen) atoms. The van der Waals surface area contributed by atoms with Gasteiger partial charge in [-0.3, -0.25) is 4.99 Å². The second kappa shape index (κ2) is 12.9. The number of aliphatic imine (C=N–C) groups is 1. The Balaban J connectivity index is 0.00000320. The van der Waals surface area contributed by atoms with Crippen molar-refractivity contribution in [1.29, 1.82) is 0 Å². The minimum Gasteiger partial charge on any atom is -0.373 e. The third-order valence-corrected chi connectivity index (χ3v) is 6.16. The lowest BCUT2D eigenvalue weighted by Crippen LogP contribution is -2.50. The van der Waals surface area contributed by atoms with E-state index in [4.69, 9.17) is 4.74 Å². The zero-order valence-electron chi connectivity index (χ0n) is 19.2. The molecule has 2 unspecified atom stereocenters. The lowest BCUT2D eigenvalue weighted by molar-refractivity contribution is -0.0265. The highest BCUT2D eigenvalue weighted by Gasteiger charge is 2.28. The van der Waals surface area contributed by atoms with Crippen molar-refractivity contribution >= 4 is 29.9 Å². The molecule has 2 heterocycles. The van der Waals surface area contributed by atoms with Crippen LogP contribution in [0.4, 0.5) is 0 Å². The third-order valence-electron chi connectivity index (χ3n) is 6.16. The van der Waals surface area contributed by atoms with Crippen LogP contribution in [0.2, 0.25) is 0 Å². The average molecular weight is 529 g/mol. The van der Waals surface area contributed by atoms with Gasteiger partial charge in [0.2, 0.25) is 0 Å². The molecule has 0 aliphatic carbocycles. The first-order valence-electron chi connectivity index (χ1n) is 11.4. The number of guanidine groups is 1. The number of benzene rings is 1. The molecule has 6 heteroatoms. The Bertz CT molecular complexity index is 641. The first-order valence-corrected chi connectivity index (χ1v) is 11.4. The van der Waals surface area contributed by atoms with Crippen LogP contribution in [-0.2, 0) is 4.74 Å². The summed E-state index contributed by atoms with van der Waals surface area (Å²) >= 11 is 0. The first kappa shape index (κ1) is 25.4. The van der Waals surface area contributed by atoms with Crippen LogP contribution >= 0.6 is 24.0 Å². The lowest BCUT2D eigenvalue weighted by Gasteiger charge is -2.35. The normalized spacial score (nSPS) is 23.8. The smallest absolute Gasteiger partial charge is 0.191 e. The summed E-state index contributed by atoms with van der Waals surface area (Å²) in [5.74, 6) is 2.14. The van der Waals surface area contributed by atoms with Gasteiger partial charge >= 0.3 is 0 Å². The molecule has 5 nitrogen and oxygen atoms in total. The zero-order chi connectivity index (χ0) is 20.6. The van der Waals surface area contributed by atoms with Crippen LogP contribution in [0.25, 0.3) is 0 Å². The Morgan fingerprint density at radius 2 is 1.87 bits per heavy atom. The summed E-state index contributed by atoms with van der Waals surface area (Å²) in [5, 5.41) is 7.24. The maximum Gasteiger partial charge on any atom is 0.191 e. The minimum absolute atomic E-state index is 0. The predicted octanol–water partition coefficient (Wildman–Crippen LogP) is 4.37. The molecule has 2 aliphatic rings. The van der Waals surface area contributed by atoms with E-state index in [1.54, 1.807) is 0 Å². The highest BCUT2D eigenvalue weighted by Crippen LogP contribution is 2.33. The number of nitrogens with one attached hydrogen (secondary N) is 2. The van der Waals surface area contributed by atoms with Crippen molar-refractivity contribution in [3.8, 4) is 0 Å². The van der Waals surface area contributed by atoms with Gasteiger partial charge in [-0.05, 0) is 44.1 Å². The van der Waals surface area contributed by atoms with Crippen molar-refractivity contribution in [3.63, 3.8) is 0 Å². The first-order chi connectivity index (χ1) is 14.0. The maximum atomic E-state index is 6.17. The van der Waals surface area contributed by atoms with Gasteiger partial charge in [0.1, 0.15) is 0 Å². The van der Waals surface area contributed by atoms with Gasteiger partial charge in [0, 0.05) is 51.8 Å². The maximum absolute atomic E-state index is 6.17. The van der Waals surface area contributed by atoms with Crippen LogP contribution in [0, 0.1) is 18.8 Å². The molecule has 0 radical (unpaired) electrons. The van der Waals surface area contributed by atoms with E-state index in [0.717, 1.165) is 31.4 Å². The largest absolute Gasteiger partial charge is 0.373 e. The number of halogens is 1. The Hall–Kier alpha value is -0.860. The fourth-order valence-electron chi connectivity index (χ4n) is 4.57. The molecule has 1 aromatic rings. The minimum atomic E-state index is 0. The molecule has 2 N–H and O–H groups in total. The number of aryl methyl sites for hydroxylation is 1. The van der Waals surface area contributed by atoms with Gasteiger partial charge in [0.25, 0.3) is 0 Å². The molecule has 0 spiro atoms. The van der Waals surface area contributed by atoms with Crippen LogP contribution in [0.15, 0.2) is 29.3 Å². The predicted molar refractivity (Wildman–Crippen MR) is 137 cm³/mol. The summed E-state index contributed by atoms with van der Waals surface area (Å²) in [6, 6.07) is 9.32. The molecule has 170 valence electrons. The van der Waals surface area contributed by atoms with Crippen LogP contribution < -0.4 is 10.6 Å². The number of rotatable bonds is 6. The van der Waals surface area contributed by atoms with Gasteiger partial charge in [0.15, 0.2) is 5.96 Å². The van der Waals surface area contributed by atoms with E-state index in [9.17, 15) is 0 Å². The monoisotopic (exact) mass is 528 g/mol. The highest BCUT2D eigenvalue weighted by molar-refractivity contribution is 14.0. The van der Waals surface area contributed by atoms with E-state index in [0.29, 0.717) is 12.0 Å². The highest BCUT2D eigenvalue weighted by atomic mass is 127. The van der Waals surface area contributed by atoms with E-state index in [2.05, 4.69) is 65.6 Å². The summed E-state index contributed by atoms with van der Waals surface area (Å²) in [6.45, 7) is 12.1. The number of likely N-dealkylation sites (tertiary alicyclic amines) is 1. The van der Waals surface area contributed by atoms with Crippen molar-refractivity contribution in [2.24, 2.45) is 16.8 Å². The van der Waals surface area contributed by atoms with Crippen LogP contribution in [0.5, 0.6) is 0 Å². The van der Waals surface area contributed by atoms with Crippen LogP contribution in [0.1, 0.15) is 56.8 Å². The SMILES string of the molecule is CN=C(NCC1CCCOC1c1ccc(C)cc1)NC1CCN(CC(C)C)CC1.I. The van der Waals surface area contributed by atoms with Crippen molar-refractivity contribution in [1.82, 2.24) is 15.5 Å². The molecule has 3 rings (SSSR count). The van der Waals surface area contributed by atoms with Crippen molar-refractivity contribution in [3.05, 3.63) is 35.4 Å². The summed E-state index contributed by atoms with van der Waals surface area (Å²) < 4.78 is 6.17. The summed E-state index contributed by atoms with van der Waals surface area (Å²) in [6.07, 6.45) is 4.87. The standard InChI is InChI=1S/C24H40N4O.HI/c1-18(2)17-28-13-11-22(12-14-28)27-24(25-4)26-16-21-6-5-15-29-23(21)20-9-7-19(3)8-10-20;/h7-10,18,21-23H,5-6,11-17H2,1-4H3,(H2,25,26,27);1H. The van der Waals surface area contributed by atoms with Gasteiger partial charge in [-0.25, -0.2) is 0 Å². The third kappa shape index (κ3) is 7.68. The Kier molecular flexibility index (Phi) is 10.9. The van der Waals surface area contributed by atoms with Crippen LogP contribution in [0.3, 0.4) is 0 Å². The molecule has 2 aliphatic heterocycles. The fourth-order valence-corrected chi connectivity index (χ4v) is 4.57. The van der Waals surface area contributed by atoms with Crippen molar-refractivity contribution in [2.75, 3.05) is 39.8 Å². The fraction of sp³-hybridized carbons (Fsp3) is 0.708. The number of piperidine rings is 1. The van der Waals surface area contributed by atoms with Crippen molar-refractivity contribution in [2.45, 2.75) is 58.6 Å². The number of nitrogens with zero attached hydrogens (tertiary/aromatic N) is 2. The quantitative estimate of drug-likeness (QED) is 0.327. The van der Waals surface area contributed by atoms with E-state index >= 15 is 0 Å².